The van der Waals surface area contributed by atoms with Crippen molar-refractivity contribution in [1.82, 2.24) is 20.3 Å². The minimum absolute atomic E-state index is 0.147. The topological polar surface area (TPSA) is 88.4 Å². The molecule has 0 spiro atoms. The number of imidazole rings is 1. The fourth-order valence-corrected chi connectivity index (χ4v) is 3.19. The summed E-state index contributed by atoms with van der Waals surface area (Å²) in [6.45, 7) is 0.527. The number of nitrogens with zero attached hydrogens (tertiary/aromatic N) is 3. The lowest BCUT2D eigenvalue weighted by Crippen LogP contribution is -2.37. The normalized spacial score (nSPS) is 17.3. The van der Waals surface area contributed by atoms with Crippen molar-refractivity contribution in [2.24, 2.45) is 12.1 Å². The highest BCUT2D eigenvalue weighted by Crippen LogP contribution is 2.40. The maximum Gasteiger partial charge on any atom is 0.267 e. The Morgan fingerprint density at radius 1 is 1.36 bits per heavy atom. The number of benzene rings is 1. The van der Waals surface area contributed by atoms with Crippen LogP contribution in [0.2, 0.25) is 0 Å². The Bertz CT molecular complexity index is 879. The summed E-state index contributed by atoms with van der Waals surface area (Å²) in [5, 5.41) is 6.67. The van der Waals surface area contributed by atoms with Gasteiger partial charge in [-0.2, -0.15) is 5.10 Å². The molecule has 7 heteroatoms. The van der Waals surface area contributed by atoms with E-state index in [1.165, 1.54) is 18.7 Å². The Hall–Kier alpha value is -2.70. The summed E-state index contributed by atoms with van der Waals surface area (Å²) in [5.41, 5.74) is 6.04. The Labute approximate surface area is 145 Å². The number of fused-ring (bicyclic) bond motifs is 1. The number of aryl methyl sites for hydroxylation is 1. The summed E-state index contributed by atoms with van der Waals surface area (Å²) in [6, 6.07) is 6.29. The largest absolute Gasteiger partial charge is 0.351 e. The molecule has 2 N–H and O–H groups in total. The van der Waals surface area contributed by atoms with Gasteiger partial charge in [-0.05, 0) is 37.0 Å². The molecule has 1 aromatic carbocycles. The highest BCUT2D eigenvalue weighted by Gasteiger charge is 2.28. The van der Waals surface area contributed by atoms with Crippen molar-refractivity contribution in [3.05, 3.63) is 29.6 Å². The van der Waals surface area contributed by atoms with Crippen LogP contribution in [-0.2, 0) is 23.1 Å². The predicted octanol–water partition coefficient (Wildman–Crippen LogP) is 1.38. The van der Waals surface area contributed by atoms with E-state index in [4.69, 9.17) is 4.98 Å². The first-order valence-corrected chi connectivity index (χ1v) is 8.70. The van der Waals surface area contributed by atoms with Crippen LogP contribution >= 0.6 is 0 Å². The van der Waals surface area contributed by atoms with Crippen molar-refractivity contribution in [1.29, 1.82) is 0 Å². The van der Waals surface area contributed by atoms with E-state index in [-0.39, 0.29) is 11.8 Å². The summed E-state index contributed by atoms with van der Waals surface area (Å²) in [5.74, 6) is 1.44. The van der Waals surface area contributed by atoms with Crippen LogP contribution in [0.5, 0.6) is 0 Å². The smallest absolute Gasteiger partial charge is 0.267 e. The molecule has 2 aliphatic rings. The molecule has 0 unspecified atom stereocenters. The molecular weight excluding hydrogens is 318 g/mol. The van der Waals surface area contributed by atoms with E-state index >= 15 is 0 Å². The first-order chi connectivity index (χ1) is 12.1. The summed E-state index contributed by atoms with van der Waals surface area (Å²) >= 11 is 0. The molecule has 1 aliphatic carbocycles. The number of aromatic nitrogens is 2. The molecule has 0 radical (unpaired) electrons. The number of rotatable bonds is 5. The second kappa shape index (κ2) is 6.31. The van der Waals surface area contributed by atoms with Crippen molar-refractivity contribution in [2.45, 2.75) is 38.0 Å². The van der Waals surface area contributed by atoms with E-state index in [1.54, 1.807) is 0 Å². The van der Waals surface area contributed by atoms with Crippen LogP contribution in [0.25, 0.3) is 11.0 Å². The molecule has 25 heavy (non-hydrogen) atoms. The van der Waals surface area contributed by atoms with Crippen LogP contribution in [0.4, 0.5) is 0 Å². The van der Waals surface area contributed by atoms with Crippen LogP contribution in [0.15, 0.2) is 23.3 Å². The molecule has 130 valence electrons. The molecule has 1 aromatic heterocycles. The molecule has 1 fully saturated rings. The second-order valence-electron chi connectivity index (χ2n) is 6.73. The van der Waals surface area contributed by atoms with Gasteiger partial charge in [0.05, 0.1) is 11.0 Å². The average Bonchev–Trinajstić information content (AvgIpc) is 3.40. The number of nitrogens with one attached hydrogen (secondary N) is 2. The monoisotopic (exact) mass is 339 g/mol. The van der Waals surface area contributed by atoms with Gasteiger partial charge in [-0.15, -0.1) is 0 Å². The Balaban J connectivity index is 1.38. The lowest BCUT2D eigenvalue weighted by Gasteiger charge is -2.11. The quantitative estimate of drug-likeness (QED) is 0.862. The SMILES string of the molecule is Cn1c(C2CC2)nc2cc(CCNC(=O)C3=NNC(=O)CC3)ccc21. The maximum atomic E-state index is 12.0. The third kappa shape index (κ3) is 3.26. The van der Waals surface area contributed by atoms with Gasteiger partial charge in [-0.1, -0.05) is 6.07 Å². The molecule has 2 heterocycles. The molecule has 0 saturated heterocycles. The predicted molar refractivity (Wildman–Crippen MR) is 94.2 cm³/mol. The van der Waals surface area contributed by atoms with Gasteiger partial charge in [-0.25, -0.2) is 10.4 Å². The average molecular weight is 339 g/mol. The molecule has 2 amide bonds. The fraction of sp³-hybridized carbons (Fsp3) is 0.444. The van der Waals surface area contributed by atoms with Crippen LogP contribution in [0.1, 0.15) is 43.0 Å². The van der Waals surface area contributed by atoms with Crippen molar-refractivity contribution in [3.8, 4) is 0 Å². The summed E-state index contributed by atoms with van der Waals surface area (Å²) in [7, 11) is 2.08. The van der Waals surface area contributed by atoms with Crippen LogP contribution in [0, 0.1) is 0 Å². The van der Waals surface area contributed by atoms with E-state index < -0.39 is 0 Å². The molecule has 1 saturated carbocycles. The summed E-state index contributed by atoms with van der Waals surface area (Å²) in [6.07, 6.45) is 3.91. The van der Waals surface area contributed by atoms with Crippen molar-refractivity contribution in [3.63, 3.8) is 0 Å². The molecular formula is C18H21N5O2. The zero-order chi connectivity index (χ0) is 17.4. The lowest BCUT2D eigenvalue weighted by atomic mass is 10.1. The molecule has 0 atom stereocenters. The number of carbonyl (C=O) groups is 2. The van der Waals surface area contributed by atoms with E-state index in [1.807, 2.05) is 0 Å². The number of amides is 2. The highest BCUT2D eigenvalue weighted by molar-refractivity contribution is 6.39. The maximum absolute atomic E-state index is 12.0. The van der Waals surface area contributed by atoms with Gasteiger partial charge >= 0.3 is 0 Å². The van der Waals surface area contributed by atoms with Gasteiger partial charge in [0.1, 0.15) is 11.5 Å². The van der Waals surface area contributed by atoms with Crippen molar-refractivity contribution >= 4 is 28.6 Å². The van der Waals surface area contributed by atoms with Crippen LogP contribution in [-0.4, -0.2) is 33.6 Å². The minimum Gasteiger partial charge on any atom is -0.351 e. The molecule has 2 aromatic rings. The minimum atomic E-state index is -0.213. The zero-order valence-corrected chi connectivity index (χ0v) is 14.2. The summed E-state index contributed by atoms with van der Waals surface area (Å²) in [4.78, 5) is 27.9. The van der Waals surface area contributed by atoms with E-state index in [9.17, 15) is 9.59 Å². The van der Waals surface area contributed by atoms with Gasteiger partial charge in [0.2, 0.25) is 5.91 Å². The Kier molecular flexibility index (Phi) is 3.99. The van der Waals surface area contributed by atoms with Crippen LogP contribution in [0.3, 0.4) is 0 Å². The Morgan fingerprint density at radius 3 is 2.92 bits per heavy atom. The first kappa shape index (κ1) is 15.8. The van der Waals surface area contributed by atoms with Gasteiger partial charge in [0.15, 0.2) is 0 Å². The van der Waals surface area contributed by atoms with Gasteiger partial charge in [0.25, 0.3) is 5.91 Å². The van der Waals surface area contributed by atoms with E-state index in [0.29, 0.717) is 31.0 Å². The molecule has 7 nitrogen and oxygen atoms in total. The standard InChI is InChI=1S/C18H21N5O2/c1-23-15-6-2-11(10-14(15)20-17(23)12-3-4-12)8-9-19-18(25)13-5-7-16(24)22-21-13/h2,6,10,12H,3-5,7-9H2,1H3,(H,19,25)(H,22,24). The van der Waals surface area contributed by atoms with Gasteiger partial charge in [-0.3, -0.25) is 9.59 Å². The second-order valence-corrected chi connectivity index (χ2v) is 6.73. The number of hydrogen-bond acceptors (Lipinski definition) is 4. The van der Waals surface area contributed by atoms with Crippen LogP contribution < -0.4 is 10.7 Å². The van der Waals surface area contributed by atoms with E-state index in [0.717, 1.165) is 23.0 Å². The fourth-order valence-electron chi connectivity index (χ4n) is 3.19. The third-order valence-corrected chi connectivity index (χ3v) is 4.79. The van der Waals surface area contributed by atoms with Crippen molar-refractivity contribution in [2.75, 3.05) is 6.54 Å². The van der Waals surface area contributed by atoms with E-state index in [2.05, 4.69) is 45.7 Å². The highest BCUT2D eigenvalue weighted by atomic mass is 16.2. The Morgan fingerprint density at radius 2 is 2.20 bits per heavy atom. The zero-order valence-electron chi connectivity index (χ0n) is 14.2. The lowest BCUT2D eigenvalue weighted by molar-refractivity contribution is -0.121. The first-order valence-electron chi connectivity index (χ1n) is 8.70. The molecule has 0 bridgehead atoms. The van der Waals surface area contributed by atoms with Gasteiger partial charge < -0.3 is 9.88 Å². The third-order valence-electron chi connectivity index (χ3n) is 4.79. The number of hydrogen-bond donors (Lipinski definition) is 2. The number of hydrazone groups is 1. The summed E-state index contributed by atoms with van der Waals surface area (Å²) < 4.78 is 2.19. The number of carbonyl (C=O) groups excluding carboxylic acids is 2. The molecule has 1 aliphatic heterocycles. The van der Waals surface area contributed by atoms with Gasteiger partial charge in [0, 0.05) is 32.4 Å². The van der Waals surface area contributed by atoms with Crippen molar-refractivity contribution < 1.29 is 9.59 Å². The molecule has 4 rings (SSSR count).